The van der Waals surface area contributed by atoms with Crippen LogP contribution in [0, 0.1) is 46.3 Å². The minimum Gasteiger partial charge on any atom is -0.459 e. The zero-order valence-corrected chi connectivity index (χ0v) is 24.4. The van der Waals surface area contributed by atoms with Crippen LogP contribution in [0.5, 0.6) is 0 Å². The second-order valence-corrected chi connectivity index (χ2v) is 14.5. The molecule has 2 saturated heterocycles. The third kappa shape index (κ3) is 3.83. The van der Waals surface area contributed by atoms with Crippen LogP contribution in [0.4, 0.5) is 0 Å². The van der Waals surface area contributed by atoms with Gasteiger partial charge in [-0.2, -0.15) is 0 Å². The van der Waals surface area contributed by atoms with Gasteiger partial charge in [-0.3, -0.25) is 14.4 Å². The third-order valence-corrected chi connectivity index (χ3v) is 12.5. The van der Waals surface area contributed by atoms with Gasteiger partial charge < -0.3 is 24.1 Å². The molecule has 4 saturated carbocycles. The summed E-state index contributed by atoms with van der Waals surface area (Å²) in [4.78, 5) is 37.8. The van der Waals surface area contributed by atoms with Gasteiger partial charge >= 0.3 is 11.9 Å². The molecule has 2 aliphatic heterocycles. The Morgan fingerprint density at radius 2 is 1.64 bits per heavy atom. The normalized spacial score (nSPS) is 54.3. The Labute approximate surface area is 231 Å². The van der Waals surface area contributed by atoms with Crippen LogP contribution < -0.4 is 0 Å². The lowest BCUT2D eigenvalue weighted by Gasteiger charge is -2.63. The molecule has 0 aromatic rings. The van der Waals surface area contributed by atoms with E-state index in [1.807, 2.05) is 6.92 Å². The van der Waals surface area contributed by atoms with Gasteiger partial charge in [0.15, 0.2) is 11.6 Å². The van der Waals surface area contributed by atoms with Gasteiger partial charge in [0.05, 0.1) is 12.7 Å². The first-order valence-corrected chi connectivity index (χ1v) is 15.2. The zero-order valence-electron chi connectivity index (χ0n) is 24.4. The third-order valence-electron chi connectivity index (χ3n) is 12.5. The maximum atomic E-state index is 13.9. The van der Waals surface area contributed by atoms with Crippen molar-refractivity contribution in [3.63, 3.8) is 0 Å². The van der Waals surface area contributed by atoms with Crippen molar-refractivity contribution in [3.8, 4) is 0 Å². The number of esters is 2. The summed E-state index contributed by atoms with van der Waals surface area (Å²) in [5.41, 5.74) is -2.36. The number of hydrogen-bond acceptors (Lipinski definition) is 8. The first-order chi connectivity index (χ1) is 18.2. The van der Waals surface area contributed by atoms with Gasteiger partial charge in [-0.1, -0.05) is 27.7 Å². The van der Waals surface area contributed by atoms with E-state index in [4.69, 9.17) is 18.9 Å². The van der Waals surface area contributed by atoms with Crippen molar-refractivity contribution in [1.82, 2.24) is 0 Å². The Balaban J connectivity index is 1.29. The van der Waals surface area contributed by atoms with Gasteiger partial charge in [-0.25, -0.2) is 0 Å². The van der Waals surface area contributed by atoms with Gasteiger partial charge in [0.25, 0.3) is 0 Å². The predicted molar refractivity (Wildman–Crippen MR) is 140 cm³/mol. The number of Topliss-reactive ketones (excluding diaryl/α,β-unsaturated/α-hetero) is 1. The number of ketones is 1. The minimum atomic E-state index is -1.62. The molecule has 8 nitrogen and oxygen atoms in total. The van der Waals surface area contributed by atoms with Crippen molar-refractivity contribution in [1.29, 1.82) is 0 Å². The number of aliphatic hydroxyl groups is 1. The molecule has 0 aromatic carbocycles. The summed E-state index contributed by atoms with van der Waals surface area (Å²) in [7, 11) is 0. The highest BCUT2D eigenvalue weighted by atomic mass is 16.7. The molecule has 39 heavy (non-hydrogen) atoms. The van der Waals surface area contributed by atoms with E-state index >= 15 is 0 Å². The average Bonchev–Trinajstić information content (AvgIpc) is 3.28. The highest BCUT2D eigenvalue weighted by molar-refractivity contribution is 5.90. The summed E-state index contributed by atoms with van der Waals surface area (Å²) < 4.78 is 24.4. The van der Waals surface area contributed by atoms with Crippen LogP contribution in [-0.2, 0) is 33.3 Å². The number of ether oxygens (including phenoxy) is 4. The number of carbonyl (C=O) groups excluding carboxylic acids is 3. The topological polar surface area (TPSA) is 108 Å². The molecule has 13 atom stereocenters. The van der Waals surface area contributed by atoms with E-state index in [1.165, 1.54) is 13.8 Å². The van der Waals surface area contributed by atoms with Crippen molar-refractivity contribution in [3.05, 3.63) is 0 Å². The predicted octanol–water partition coefficient (Wildman–Crippen LogP) is 4.20. The van der Waals surface area contributed by atoms with Crippen LogP contribution in [0.25, 0.3) is 0 Å². The van der Waals surface area contributed by atoms with Gasteiger partial charge in [-0.05, 0) is 67.1 Å². The van der Waals surface area contributed by atoms with Crippen LogP contribution in [-0.4, -0.2) is 59.1 Å². The van der Waals surface area contributed by atoms with Gasteiger partial charge in [0.1, 0.15) is 17.8 Å². The largest absolute Gasteiger partial charge is 0.459 e. The van der Waals surface area contributed by atoms with Crippen molar-refractivity contribution in [2.45, 2.75) is 123 Å². The molecule has 6 aliphatic rings. The summed E-state index contributed by atoms with van der Waals surface area (Å²) >= 11 is 0. The number of hydrogen-bond donors (Lipinski definition) is 1. The highest BCUT2D eigenvalue weighted by Gasteiger charge is 2.73. The lowest BCUT2D eigenvalue weighted by molar-refractivity contribution is -0.274. The standard InChI is InChI=1S/C31H46O8/c1-16-7-10-31(36-15-16)17(2)27-23(39-31)12-22-20-11-26(34)30(35)14-25(38-19(4)33)24(37-18(3)32)13-29(30,6)21(20)8-9-28(22,27)5/h16-17,20-25,27,35H,7-15H2,1-6H3/t16-,17+,20-,21-,22+,23+,24-,25-,27+,28+,29-,30+,31-/m1/s1. The van der Waals surface area contributed by atoms with Gasteiger partial charge in [0, 0.05) is 44.4 Å². The van der Waals surface area contributed by atoms with Crippen LogP contribution >= 0.6 is 0 Å². The highest BCUT2D eigenvalue weighted by Crippen LogP contribution is 2.71. The molecule has 6 rings (SSSR count). The second kappa shape index (κ2) is 8.99. The monoisotopic (exact) mass is 546 g/mol. The molecule has 6 fully saturated rings. The van der Waals surface area contributed by atoms with E-state index in [2.05, 4.69) is 20.8 Å². The fraction of sp³-hybridized carbons (Fsp3) is 0.903. The fourth-order valence-electron chi connectivity index (χ4n) is 10.7. The van der Waals surface area contributed by atoms with E-state index in [0.29, 0.717) is 36.5 Å². The molecule has 8 heteroatoms. The summed E-state index contributed by atoms with van der Waals surface area (Å²) in [5, 5.41) is 12.1. The molecule has 0 amide bonds. The number of carbonyl (C=O) groups is 3. The van der Waals surface area contributed by atoms with Crippen molar-refractivity contribution in [2.75, 3.05) is 6.61 Å². The summed E-state index contributed by atoms with van der Waals surface area (Å²) in [6, 6.07) is 0. The SMILES string of the molecule is CC(=O)O[C@@H]1C[C@]2(O)C(=O)C[C@@H]3[C@@H](CC[C@]4(C)[C@@H]5[C@H](C[C@@H]34)O[C@]3(CC[C@@H](C)CO3)[C@H]5C)[C@@]2(C)C[C@H]1OC(C)=O. The Morgan fingerprint density at radius 3 is 2.26 bits per heavy atom. The Kier molecular flexibility index (Phi) is 6.38. The molecule has 218 valence electrons. The average molecular weight is 547 g/mol. The molecule has 0 radical (unpaired) electrons. The maximum Gasteiger partial charge on any atom is 0.303 e. The Morgan fingerprint density at radius 1 is 0.974 bits per heavy atom. The van der Waals surface area contributed by atoms with Crippen molar-refractivity contribution in [2.24, 2.45) is 46.3 Å². The Bertz CT molecular complexity index is 1050. The molecule has 1 spiro atoms. The molecule has 0 aromatic heterocycles. The molecular formula is C31H46O8. The van der Waals surface area contributed by atoms with Crippen LogP contribution in [0.2, 0.25) is 0 Å². The van der Waals surface area contributed by atoms with Crippen molar-refractivity contribution >= 4 is 17.7 Å². The summed E-state index contributed by atoms with van der Waals surface area (Å²) in [5.74, 6) is 0.175. The smallest absolute Gasteiger partial charge is 0.303 e. The summed E-state index contributed by atoms with van der Waals surface area (Å²) in [6.45, 7) is 12.4. The van der Waals surface area contributed by atoms with Gasteiger partial charge in [0.2, 0.25) is 0 Å². The van der Waals surface area contributed by atoms with E-state index in [1.54, 1.807) is 0 Å². The molecule has 0 bridgehead atoms. The van der Waals surface area contributed by atoms with E-state index < -0.39 is 40.9 Å². The molecular weight excluding hydrogens is 500 g/mol. The minimum absolute atomic E-state index is 0.0330. The second-order valence-electron chi connectivity index (χ2n) is 14.5. The van der Waals surface area contributed by atoms with E-state index in [0.717, 1.165) is 38.7 Å². The fourth-order valence-corrected chi connectivity index (χ4v) is 10.7. The Hall–Kier alpha value is -1.51. The zero-order chi connectivity index (χ0) is 28.1. The van der Waals surface area contributed by atoms with Crippen LogP contribution in [0.15, 0.2) is 0 Å². The maximum absolute atomic E-state index is 13.9. The first kappa shape index (κ1) is 27.6. The number of rotatable bonds is 2. The first-order valence-electron chi connectivity index (χ1n) is 15.2. The molecule has 0 unspecified atom stereocenters. The summed E-state index contributed by atoms with van der Waals surface area (Å²) in [6.07, 6.45) is 4.08. The van der Waals surface area contributed by atoms with E-state index in [9.17, 15) is 19.5 Å². The lowest BCUT2D eigenvalue weighted by atomic mass is 9.42. The molecule has 1 N–H and O–H groups in total. The van der Waals surface area contributed by atoms with Crippen LogP contribution in [0.1, 0.15) is 92.9 Å². The van der Waals surface area contributed by atoms with E-state index in [-0.39, 0.29) is 35.6 Å². The quantitative estimate of drug-likeness (QED) is 0.514. The van der Waals surface area contributed by atoms with Crippen molar-refractivity contribution < 1.29 is 38.4 Å². The number of fused-ring (bicyclic) bond motifs is 7. The van der Waals surface area contributed by atoms with Crippen LogP contribution in [0.3, 0.4) is 0 Å². The molecule has 4 aliphatic carbocycles. The lowest BCUT2D eigenvalue weighted by Crippen LogP contribution is -2.70. The van der Waals surface area contributed by atoms with Gasteiger partial charge in [-0.15, -0.1) is 0 Å². The molecule has 2 heterocycles.